The summed E-state index contributed by atoms with van der Waals surface area (Å²) in [4.78, 5) is 38.2. The first-order valence-corrected chi connectivity index (χ1v) is 12.7. The lowest BCUT2D eigenvalue weighted by atomic mass is 9.47. The molecule has 2 fully saturated rings. The monoisotopic (exact) mass is 498 g/mol. The molecule has 0 amide bonds. The van der Waals surface area contributed by atoms with E-state index in [1.165, 1.54) is 31.4 Å². The molecule has 196 valence electrons. The standard InChI is InChI=1S/C29H38O7/c1-16-13-24-29(5,27-17(2)20(14-21(27)36-24)19-11-12-35-18(19)3)22(15-26(32)34-7)28(16,4)23(30)9-8-10-25(31)33-6/h8-9,11-12,16,20-22,24H,10,13-15H2,1-7H3/b9-8-/t16-,20-,21-,22-,24-,28+,29+/m1/s1. The maximum Gasteiger partial charge on any atom is 0.309 e. The second-order valence-corrected chi connectivity index (χ2v) is 11.0. The SMILES string of the molecule is COC(=O)C/C=C\C(=O)[C@]1(C)[C@@H](CC(=O)OC)[C@]2(C)C3=C(C)[C@H](c4ccoc4C)C[C@H]3O[C@@H]2C[C@H]1C. The van der Waals surface area contributed by atoms with Gasteiger partial charge in [0.15, 0.2) is 5.78 Å². The Balaban J connectivity index is 1.79. The number of furan rings is 1. The van der Waals surface area contributed by atoms with E-state index in [-0.39, 0.29) is 54.6 Å². The van der Waals surface area contributed by atoms with E-state index in [1.54, 1.807) is 12.3 Å². The number of rotatable bonds is 7. The van der Waals surface area contributed by atoms with Gasteiger partial charge in [-0.1, -0.05) is 32.4 Å². The molecule has 7 heteroatoms. The average molecular weight is 499 g/mol. The van der Waals surface area contributed by atoms with Crippen LogP contribution in [0.2, 0.25) is 0 Å². The van der Waals surface area contributed by atoms with Gasteiger partial charge in [0.05, 0.1) is 45.5 Å². The maximum atomic E-state index is 13.8. The molecule has 2 heterocycles. The fraction of sp³-hybridized carbons (Fsp3) is 0.621. The number of methoxy groups -OCH3 is 2. The van der Waals surface area contributed by atoms with Crippen LogP contribution in [0, 0.1) is 29.6 Å². The Morgan fingerprint density at radius 2 is 1.81 bits per heavy atom. The number of ketones is 1. The number of fused-ring (bicyclic) bond motifs is 3. The van der Waals surface area contributed by atoms with Crippen LogP contribution in [0.4, 0.5) is 0 Å². The Morgan fingerprint density at radius 3 is 2.42 bits per heavy atom. The zero-order valence-corrected chi connectivity index (χ0v) is 22.4. The van der Waals surface area contributed by atoms with E-state index < -0.39 is 16.8 Å². The van der Waals surface area contributed by atoms with Gasteiger partial charge in [0, 0.05) is 22.3 Å². The van der Waals surface area contributed by atoms with Gasteiger partial charge in [-0.3, -0.25) is 14.4 Å². The molecule has 1 aliphatic heterocycles. The molecule has 1 saturated heterocycles. The highest BCUT2D eigenvalue weighted by Crippen LogP contribution is 2.67. The fourth-order valence-electron chi connectivity index (χ4n) is 7.33. The third kappa shape index (κ3) is 3.96. The van der Waals surface area contributed by atoms with Crippen molar-refractivity contribution in [3.8, 4) is 0 Å². The van der Waals surface area contributed by atoms with Crippen molar-refractivity contribution >= 4 is 17.7 Å². The number of ether oxygens (including phenoxy) is 3. The summed E-state index contributed by atoms with van der Waals surface area (Å²) in [7, 11) is 2.71. The Bertz CT molecular complexity index is 1110. The van der Waals surface area contributed by atoms with Gasteiger partial charge >= 0.3 is 11.9 Å². The van der Waals surface area contributed by atoms with Crippen LogP contribution in [-0.2, 0) is 28.6 Å². The average Bonchev–Trinajstić information content (AvgIpc) is 3.49. The summed E-state index contributed by atoms with van der Waals surface area (Å²) >= 11 is 0. The van der Waals surface area contributed by atoms with Crippen LogP contribution >= 0.6 is 0 Å². The molecular formula is C29H38O7. The third-order valence-corrected chi connectivity index (χ3v) is 9.52. The van der Waals surface area contributed by atoms with Crippen molar-refractivity contribution in [2.75, 3.05) is 14.2 Å². The molecule has 2 aliphatic carbocycles. The largest absolute Gasteiger partial charge is 0.469 e. The summed E-state index contributed by atoms with van der Waals surface area (Å²) in [6.45, 7) is 10.3. The number of hydrogen-bond acceptors (Lipinski definition) is 7. The van der Waals surface area contributed by atoms with E-state index in [4.69, 9.17) is 18.6 Å². The van der Waals surface area contributed by atoms with Crippen LogP contribution in [-0.4, -0.2) is 44.1 Å². The predicted octanol–water partition coefficient (Wildman–Crippen LogP) is 5.08. The number of carbonyl (C=O) groups excluding carboxylic acids is 3. The molecule has 36 heavy (non-hydrogen) atoms. The van der Waals surface area contributed by atoms with E-state index in [1.807, 2.05) is 19.9 Å². The molecule has 1 saturated carbocycles. The van der Waals surface area contributed by atoms with Gasteiger partial charge in [0.1, 0.15) is 5.76 Å². The third-order valence-electron chi connectivity index (χ3n) is 9.52. The first kappa shape index (κ1) is 26.4. The smallest absolute Gasteiger partial charge is 0.309 e. The summed E-state index contributed by atoms with van der Waals surface area (Å²) < 4.78 is 22.1. The minimum atomic E-state index is -0.846. The van der Waals surface area contributed by atoms with Crippen LogP contribution in [0.25, 0.3) is 0 Å². The van der Waals surface area contributed by atoms with Gasteiger partial charge in [0.25, 0.3) is 0 Å². The van der Waals surface area contributed by atoms with Crippen molar-refractivity contribution in [1.82, 2.24) is 0 Å². The highest BCUT2D eigenvalue weighted by Gasteiger charge is 2.66. The number of allylic oxidation sites excluding steroid dienone is 2. The van der Waals surface area contributed by atoms with E-state index in [0.29, 0.717) is 6.42 Å². The minimum absolute atomic E-state index is 0.0233. The van der Waals surface area contributed by atoms with Gasteiger partial charge < -0.3 is 18.6 Å². The van der Waals surface area contributed by atoms with E-state index in [9.17, 15) is 14.4 Å². The molecule has 4 rings (SSSR count). The van der Waals surface area contributed by atoms with Gasteiger partial charge in [-0.25, -0.2) is 0 Å². The molecule has 0 bridgehead atoms. The molecule has 1 aromatic rings. The number of aryl methyl sites for hydroxylation is 1. The van der Waals surface area contributed by atoms with Crippen molar-refractivity contribution in [2.24, 2.45) is 22.7 Å². The van der Waals surface area contributed by atoms with E-state index >= 15 is 0 Å². The molecule has 0 spiro atoms. The Labute approximate surface area is 213 Å². The van der Waals surface area contributed by atoms with Gasteiger partial charge in [-0.05, 0) is 56.2 Å². The van der Waals surface area contributed by atoms with Crippen LogP contribution in [0.5, 0.6) is 0 Å². The van der Waals surface area contributed by atoms with Crippen LogP contribution in [0.15, 0.2) is 40.0 Å². The first-order chi connectivity index (χ1) is 17.0. The Hall–Kier alpha value is -2.67. The van der Waals surface area contributed by atoms with E-state index in [2.05, 4.69) is 20.8 Å². The molecule has 3 aliphatic rings. The van der Waals surface area contributed by atoms with Crippen molar-refractivity contribution in [1.29, 1.82) is 0 Å². The van der Waals surface area contributed by atoms with Crippen molar-refractivity contribution in [2.45, 2.75) is 78.4 Å². The highest BCUT2D eigenvalue weighted by atomic mass is 16.5. The summed E-state index contributed by atoms with van der Waals surface area (Å²) in [6.07, 6.45) is 6.30. The van der Waals surface area contributed by atoms with Crippen LogP contribution < -0.4 is 0 Å². The summed E-state index contributed by atoms with van der Waals surface area (Å²) in [6, 6.07) is 2.03. The van der Waals surface area contributed by atoms with Crippen molar-refractivity contribution in [3.05, 3.63) is 47.0 Å². The normalized spacial score (nSPS) is 35.6. The summed E-state index contributed by atoms with van der Waals surface area (Å²) in [5, 5.41) is 0. The quantitative estimate of drug-likeness (QED) is 0.294. The summed E-state index contributed by atoms with van der Waals surface area (Å²) in [5.41, 5.74) is 2.27. The molecular weight excluding hydrogens is 460 g/mol. The number of hydrogen-bond donors (Lipinski definition) is 0. The Kier molecular flexibility index (Phi) is 7.08. The van der Waals surface area contributed by atoms with Gasteiger partial charge in [-0.2, -0.15) is 0 Å². The second-order valence-electron chi connectivity index (χ2n) is 11.0. The van der Waals surface area contributed by atoms with Gasteiger partial charge in [-0.15, -0.1) is 0 Å². The molecule has 7 atom stereocenters. The second kappa shape index (κ2) is 9.66. The lowest BCUT2D eigenvalue weighted by molar-refractivity contribution is -0.159. The van der Waals surface area contributed by atoms with Gasteiger partial charge in [0.2, 0.25) is 0 Å². The molecule has 0 unspecified atom stereocenters. The Morgan fingerprint density at radius 1 is 1.11 bits per heavy atom. The molecule has 0 radical (unpaired) electrons. The fourth-order valence-corrected chi connectivity index (χ4v) is 7.33. The minimum Gasteiger partial charge on any atom is -0.469 e. The van der Waals surface area contributed by atoms with Crippen molar-refractivity contribution < 1.29 is 33.0 Å². The molecule has 7 nitrogen and oxygen atoms in total. The van der Waals surface area contributed by atoms with Crippen LogP contribution in [0.1, 0.15) is 70.6 Å². The van der Waals surface area contributed by atoms with Crippen LogP contribution in [0.3, 0.4) is 0 Å². The lowest BCUT2D eigenvalue weighted by Crippen LogP contribution is -2.57. The zero-order chi connectivity index (χ0) is 26.4. The molecule has 1 aromatic heterocycles. The maximum absolute atomic E-state index is 13.8. The lowest BCUT2D eigenvalue weighted by Gasteiger charge is -2.55. The first-order valence-electron chi connectivity index (χ1n) is 12.7. The topological polar surface area (TPSA) is 92.0 Å². The molecule has 0 N–H and O–H groups in total. The molecule has 0 aromatic carbocycles. The zero-order valence-electron chi connectivity index (χ0n) is 22.4. The number of esters is 2. The number of carbonyl (C=O) groups is 3. The summed E-state index contributed by atoms with van der Waals surface area (Å²) in [5.74, 6) is -0.114. The predicted molar refractivity (Wildman–Crippen MR) is 133 cm³/mol. The van der Waals surface area contributed by atoms with Crippen molar-refractivity contribution in [3.63, 3.8) is 0 Å². The highest BCUT2D eigenvalue weighted by molar-refractivity contribution is 5.96. The van der Waals surface area contributed by atoms with E-state index in [0.717, 1.165) is 17.7 Å².